The van der Waals surface area contributed by atoms with E-state index in [-0.39, 0.29) is 13.2 Å². The fraction of sp³-hybridized carbons (Fsp3) is 0.269. The van der Waals surface area contributed by atoms with E-state index in [1.54, 1.807) is 72.8 Å². The zero-order valence-electron chi connectivity index (χ0n) is 18.7. The molecule has 33 heavy (non-hydrogen) atoms. The van der Waals surface area contributed by atoms with Gasteiger partial charge in [-0.05, 0) is 73.5 Å². The van der Waals surface area contributed by atoms with Gasteiger partial charge in [0.05, 0.1) is 19.8 Å². The molecule has 0 aliphatic heterocycles. The van der Waals surface area contributed by atoms with Crippen molar-refractivity contribution in [1.29, 1.82) is 0 Å². The number of hydrogen-bond acceptors (Lipinski definition) is 5. The first kappa shape index (κ1) is 24.4. The van der Waals surface area contributed by atoms with Crippen LogP contribution in [-0.2, 0) is 10.4 Å². The smallest absolute Gasteiger partial charge is 0.261 e. The highest BCUT2D eigenvalue weighted by Crippen LogP contribution is 2.32. The average Bonchev–Trinajstić information content (AvgIpc) is 2.83. The number of carbonyl (C=O) groups excluding carboxylic acids is 1. The minimum atomic E-state index is -1.91. The van der Waals surface area contributed by atoms with E-state index in [0.717, 1.165) is 0 Å². The molecule has 0 heterocycles. The molecule has 0 bridgehead atoms. The Balaban J connectivity index is 1.77. The molecule has 0 spiro atoms. The molecule has 0 atom stereocenters. The lowest BCUT2D eigenvalue weighted by Gasteiger charge is -2.28. The molecule has 0 unspecified atom stereocenters. The van der Waals surface area contributed by atoms with Crippen LogP contribution in [0.1, 0.15) is 25.0 Å². The van der Waals surface area contributed by atoms with Crippen molar-refractivity contribution in [2.24, 2.45) is 0 Å². The summed E-state index contributed by atoms with van der Waals surface area (Å²) >= 11 is 5.88. The molecule has 6 nitrogen and oxygen atoms in total. The summed E-state index contributed by atoms with van der Waals surface area (Å²) in [6, 6.07) is 20.6. The number of amides is 1. The van der Waals surface area contributed by atoms with E-state index in [9.17, 15) is 9.90 Å². The summed E-state index contributed by atoms with van der Waals surface area (Å²) in [5.41, 5.74) is -1.06. The molecular weight excluding hydrogens is 442 g/mol. The Kier molecular flexibility index (Phi) is 8.58. The maximum absolute atomic E-state index is 13.2. The third-order valence-corrected chi connectivity index (χ3v) is 5.22. The Hall–Kier alpha value is -3.22. The van der Waals surface area contributed by atoms with Gasteiger partial charge in [-0.1, -0.05) is 35.9 Å². The molecule has 0 saturated carbocycles. The molecule has 0 aliphatic rings. The van der Waals surface area contributed by atoms with Crippen LogP contribution >= 0.6 is 11.6 Å². The summed E-state index contributed by atoms with van der Waals surface area (Å²) in [4.78, 5) is 13.2. The third kappa shape index (κ3) is 6.18. The van der Waals surface area contributed by atoms with Crippen LogP contribution < -0.4 is 19.5 Å². The summed E-state index contributed by atoms with van der Waals surface area (Å²) < 4.78 is 16.6. The normalized spacial score (nSPS) is 11.0. The first-order chi connectivity index (χ1) is 16.0. The van der Waals surface area contributed by atoms with Gasteiger partial charge in [0.25, 0.3) is 5.91 Å². The van der Waals surface area contributed by atoms with Gasteiger partial charge in [0.1, 0.15) is 23.9 Å². The standard InChI is InChI=1S/C26H28ClNO5/c1-3-31-22-11-5-19(6-12-22)26(30,20-7-13-23(14-8-20)32-4-2)25(29)28-17-18-33-24-15-9-21(27)10-16-24/h5-16,30H,3-4,17-18H2,1-2H3,(H,28,29). The second-order valence-electron chi connectivity index (χ2n) is 7.18. The van der Waals surface area contributed by atoms with Crippen molar-refractivity contribution in [2.45, 2.75) is 19.4 Å². The Bertz CT molecular complexity index is 971. The predicted molar refractivity (Wildman–Crippen MR) is 128 cm³/mol. The van der Waals surface area contributed by atoms with Crippen LogP contribution in [0.15, 0.2) is 72.8 Å². The summed E-state index contributed by atoms with van der Waals surface area (Å²) in [6.45, 7) is 5.27. The van der Waals surface area contributed by atoms with E-state index < -0.39 is 11.5 Å². The van der Waals surface area contributed by atoms with Crippen LogP contribution in [0.2, 0.25) is 5.02 Å². The molecule has 0 aromatic heterocycles. The first-order valence-corrected chi connectivity index (χ1v) is 11.2. The molecule has 0 aliphatic carbocycles. The van der Waals surface area contributed by atoms with Gasteiger partial charge >= 0.3 is 0 Å². The van der Waals surface area contributed by atoms with Crippen LogP contribution in [0.4, 0.5) is 0 Å². The van der Waals surface area contributed by atoms with Gasteiger partial charge in [-0.2, -0.15) is 0 Å². The van der Waals surface area contributed by atoms with Crippen LogP contribution in [-0.4, -0.2) is 37.4 Å². The number of halogens is 1. The quantitative estimate of drug-likeness (QED) is 0.402. The van der Waals surface area contributed by atoms with E-state index in [1.807, 2.05) is 13.8 Å². The number of hydrogen-bond donors (Lipinski definition) is 2. The fourth-order valence-electron chi connectivity index (χ4n) is 3.34. The molecule has 3 rings (SSSR count). The predicted octanol–water partition coefficient (Wildman–Crippen LogP) is 4.57. The van der Waals surface area contributed by atoms with Crippen LogP contribution in [0.5, 0.6) is 17.2 Å². The van der Waals surface area contributed by atoms with Gasteiger partial charge in [-0.15, -0.1) is 0 Å². The molecule has 3 aromatic carbocycles. The lowest BCUT2D eigenvalue weighted by Crippen LogP contribution is -2.46. The number of benzene rings is 3. The largest absolute Gasteiger partial charge is 0.494 e. The number of nitrogens with one attached hydrogen (secondary N) is 1. The first-order valence-electron chi connectivity index (χ1n) is 10.8. The average molecular weight is 470 g/mol. The SMILES string of the molecule is CCOc1ccc(C(O)(C(=O)NCCOc2ccc(Cl)cc2)c2ccc(OCC)cc2)cc1. The Morgan fingerprint density at radius 3 is 1.67 bits per heavy atom. The molecule has 2 N–H and O–H groups in total. The lowest BCUT2D eigenvalue weighted by molar-refractivity contribution is -0.136. The molecule has 174 valence electrons. The maximum atomic E-state index is 13.2. The van der Waals surface area contributed by atoms with Gasteiger partial charge in [0.2, 0.25) is 0 Å². The van der Waals surface area contributed by atoms with Crippen molar-refractivity contribution in [1.82, 2.24) is 5.32 Å². The van der Waals surface area contributed by atoms with E-state index in [4.69, 9.17) is 25.8 Å². The topological polar surface area (TPSA) is 77.0 Å². The van der Waals surface area contributed by atoms with Gasteiger partial charge < -0.3 is 24.6 Å². The van der Waals surface area contributed by atoms with Crippen molar-refractivity contribution in [3.05, 3.63) is 88.9 Å². The number of ether oxygens (including phenoxy) is 3. The fourth-order valence-corrected chi connectivity index (χ4v) is 3.47. The van der Waals surface area contributed by atoms with Gasteiger partial charge in [-0.25, -0.2) is 0 Å². The van der Waals surface area contributed by atoms with Crippen LogP contribution in [0.25, 0.3) is 0 Å². The summed E-state index contributed by atoms with van der Waals surface area (Å²) in [5.74, 6) is 1.40. The second-order valence-corrected chi connectivity index (χ2v) is 7.62. The highest BCUT2D eigenvalue weighted by Gasteiger charge is 2.40. The van der Waals surface area contributed by atoms with Crippen molar-refractivity contribution in [3.63, 3.8) is 0 Å². The maximum Gasteiger partial charge on any atom is 0.261 e. The monoisotopic (exact) mass is 469 g/mol. The number of carbonyl (C=O) groups is 1. The summed E-state index contributed by atoms with van der Waals surface area (Å²) in [7, 11) is 0. The Labute approximate surface area is 199 Å². The molecule has 3 aromatic rings. The van der Waals surface area contributed by atoms with E-state index in [0.29, 0.717) is 46.6 Å². The van der Waals surface area contributed by atoms with Crippen LogP contribution in [0, 0.1) is 0 Å². The molecule has 7 heteroatoms. The lowest BCUT2D eigenvalue weighted by atomic mass is 9.85. The van der Waals surface area contributed by atoms with Crippen molar-refractivity contribution in [3.8, 4) is 17.2 Å². The molecular formula is C26H28ClNO5. The minimum absolute atomic E-state index is 0.206. The number of rotatable bonds is 11. The van der Waals surface area contributed by atoms with E-state index in [2.05, 4.69) is 5.32 Å². The minimum Gasteiger partial charge on any atom is -0.494 e. The zero-order valence-corrected chi connectivity index (χ0v) is 19.5. The van der Waals surface area contributed by atoms with Crippen molar-refractivity contribution >= 4 is 17.5 Å². The van der Waals surface area contributed by atoms with Crippen LogP contribution in [0.3, 0.4) is 0 Å². The van der Waals surface area contributed by atoms with Crippen molar-refractivity contribution in [2.75, 3.05) is 26.4 Å². The number of aliphatic hydroxyl groups is 1. The molecule has 0 fully saturated rings. The molecule has 1 amide bonds. The highest BCUT2D eigenvalue weighted by molar-refractivity contribution is 6.30. The summed E-state index contributed by atoms with van der Waals surface area (Å²) in [5, 5.41) is 15.1. The zero-order chi connectivity index (χ0) is 23.7. The second kappa shape index (κ2) is 11.6. The Morgan fingerprint density at radius 2 is 1.21 bits per heavy atom. The molecule has 0 radical (unpaired) electrons. The van der Waals surface area contributed by atoms with Crippen molar-refractivity contribution < 1.29 is 24.1 Å². The van der Waals surface area contributed by atoms with Gasteiger partial charge in [0.15, 0.2) is 5.60 Å². The van der Waals surface area contributed by atoms with Gasteiger partial charge in [-0.3, -0.25) is 4.79 Å². The Morgan fingerprint density at radius 1 is 0.788 bits per heavy atom. The summed E-state index contributed by atoms with van der Waals surface area (Å²) in [6.07, 6.45) is 0. The van der Waals surface area contributed by atoms with Gasteiger partial charge in [0, 0.05) is 5.02 Å². The van der Waals surface area contributed by atoms with E-state index in [1.165, 1.54) is 0 Å². The molecule has 0 saturated heterocycles. The highest BCUT2D eigenvalue weighted by atomic mass is 35.5. The third-order valence-electron chi connectivity index (χ3n) is 4.96. The van der Waals surface area contributed by atoms with E-state index >= 15 is 0 Å².